The van der Waals surface area contributed by atoms with E-state index in [1.165, 1.54) is 0 Å². The summed E-state index contributed by atoms with van der Waals surface area (Å²) in [6.45, 7) is 8.09. The van der Waals surface area contributed by atoms with E-state index in [1.807, 2.05) is 50.2 Å². The third-order valence-corrected chi connectivity index (χ3v) is 3.58. The molecule has 22 heavy (non-hydrogen) atoms. The Morgan fingerprint density at radius 3 is 2.09 bits per heavy atom. The first-order valence-electron chi connectivity index (χ1n) is 7.66. The monoisotopic (exact) mass is 298 g/mol. The van der Waals surface area contributed by atoms with Gasteiger partial charge in [-0.3, -0.25) is 4.79 Å². The Bertz CT molecular complexity index is 594. The second kappa shape index (κ2) is 7.54. The number of benzene rings is 1. The molecule has 0 unspecified atom stereocenters. The zero-order valence-electron chi connectivity index (χ0n) is 13.4. The zero-order chi connectivity index (χ0) is 15.9. The Balaban J connectivity index is 2.22. The summed E-state index contributed by atoms with van der Waals surface area (Å²) < 4.78 is 0. The SMILES string of the molecule is CCN(CC)C(=O)c1ccc(N(CC)c2ccccc2)nn1. The van der Waals surface area contributed by atoms with E-state index in [-0.39, 0.29) is 5.91 Å². The molecule has 0 atom stereocenters. The molecule has 0 fully saturated rings. The predicted octanol–water partition coefficient (Wildman–Crippen LogP) is 3.12. The quantitative estimate of drug-likeness (QED) is 0.822. The fourth-order valence-electron chi connectivity index (χ4n) is 2.34. The van der Waals surface area contributed by atoms with Gasteiger partial charge in [0.25, 0.3) is 5.91 Å². The highest BCUT2D eigenvalue weighted by atomic mass is 16.2. The van der Waals surface area contributed by atoms with Gasteiger partial charge in [0.15, 0.2) is 11.5 Å². The largest absolute Gasteiger partial charge is 0.338 e. The normalized spacial score (nSPS) is 10.3. The van der Waals surface area contributed by atoms with Crippen molar-refractivity contribution in [3.63, 3.8) is 0 Å². The van der Waals surface area contributed by atoms with Crippen molar-refractivity contribution >= 4 is 17.4 Å². The number of carbonyl (C=O) groups is 1. The van der Waals surface area contributed by atoms with E-state index >= 15 is 0 Å². The van der Waals surface area contributed by atoms with E-state index in [9.17, 15) is 4.79 Å². The molecular weight excluding hydrogens is 276 g/mol. The Hall–Kier alpha value is -2.43. The second-order valence-electron chi connectivity index (χ2n) is 4.83. The number of hydrogen-bond acceptors (Lipinski definition) is 4. The number of nitrogens with zero attached hydrogens (tertiary/aromatic N) is 4. The van der Waals surface area contributed by atoms with Crippen molar-refractivity contribution in [2.24, 2.45) is 0 Å². The Morgan fingerprint density at radius 1 is 0.909 bits per heavy atom. The molecule has 0 saturated heterocycles. The number of hydrogen-bond donors (Lipinski definition) is 0. The second-order valence-corrected chi connectivity index (χ2v) is 4.83. The lowest BCUT2D eigenvalue weighted by atomic mass is 10.2. The predicted molar refractivity (Wildman–Crippen MR) is 88.4 cm³/mol. The van der Waals surface area contributed by atoms with Gasteiger partial charge in [0.2, 0.25) is 0 Å². The maximum Gasteiger partial charge on any atom is 0.274 e. The van der Waals surface area contributed by atoms with Crippen LogP contribution >= 0.6 is 0 Å². The fraction of sp³-hybridized carbons (Fsp3) is 0.353. The molecule has 0 spiro atoms. The lowest BCUT2D eigenvalue weighted by Gasteiger charge is -2.22. The topological polar surface area (TPSA) is 49.3 Å². The lowest BCUT2D eigenvalue weighted by Crippen LogP contribution is -2.31. The first-order chi connectivity index (χ1) is 10.7. The van der Waals surface area contributed by atoms with Gasteiger partial charge in [-0.15, -0.1) is 10.2 Å². The van der Waals surface area contributed by atoms with E-state index in [4.69, 9.17) is 0 Å². The van der Waals surface area contributed by atoms with Crippen LogP contribution < -0.4 is 4.90 Å². The summed E-state index contributed by atoms with van der Waals surface area (Å²) in [7, 11) is 0. The third kappa shape index (κ3) is 3.42. The van der Waals surface area contributed by atoms with Crippen molar-refractivity contribution in [2.45, 2.75) is 20.8 Å². The van der Waals surface area contributed by atoms with Crippen LogP contribution in [0.5, 0.6) is 0 Å². The van der Waals surface area contributed by atoms with Gasteiger partial charge in [0.05, 0.1) is 0 Å². The van der Waals surface area contributed by atoms with Gasteiger partial charge in [-0.1, -0.05) is 18.2 Å². The minimum Gasteiger partial charge on any atom is -0.338 e. The molecule has 1 amide bonds. The summed E-state index contributed by atoms with van der Waals surface area (Å²) in [6.07, 6.45) is 0. The molecule has 0 bridgehead atoms. The van der Waals surface area contributed by atoms with E-state index in [2.05, 4.69) is 22.0 Å². The zero-order valence-corrected chi connectivity index (χ0v) is 13.4. The van der Waals surface area contributed by atoms with E-state index < -0.39 is 0 Å². The highest BCUT2D eigenvalue weighted by molar-refractivity contribution is 5.92. The molecular formula is C17H22N4O. The summed E-state index contributed by atoms with van der Waals surface area (Å²) in [5.41, 5.74) is 1.44. The molecule has 0 radical (unpaired) electrons. The van der Waals surface area contributed by atoms with Gasteiger partial charge in [-0.05, 0) is 45.0 Å². The van der Waals surface area contributed by atoms with Crippen LogP contribution in [0, 0.1) is 0 Å². The van der Waals surface area contributed by atoms with Crippen LogP contribution in [0.2, 0.25) is 0 Å². The molecule has 2 rings (SSSR count). The smallest absolute Gasteiger partial charge is 0.274 e. The number of carbonyl (C=O) groups excluding carboxylic acids is 1. The van der Waals surface area contributed by atoms with Crippen LogP contribution in [0.1, 0.15) is 31.3 Å². The van der Waals surface area contributed by atoms with Crippen molar-refractivity contribution in [3.8, 4) is 0 Å². The Morgan fingerprint density at radius 2 is 1.59 bits per heavy atom. The highest BCUT2D eigenvalue weighted by Crippen LogP contribution is 2.22. The van der Waals surface area contributed by atoms with Gasteiger partial charge < -0.3 is 9.80 Å². The number of aromatic nitrogens is 2. The average molecular weight is 298 g/mol. The molecule has 1 heterocycles. The summed E-state index contributed by atoms with van der Waals surface area (Å²) in [5, 5.41) is 8.33. The number of amides is 1. The fourth-order valence-corrected chi connectivity index (χ4v) is 2.34. The maximum atomic E-state index is 12.2. The van der Waals surface area contributed by atoms with Crippen molar-refractivity contribution < 1.29 is 4.79 Å². The highest BCUT2D eigenvalue weighted by Gasteiger charge is 2.16. The molecule has 5 heteroatoms. The van der Waals surface area contributed by atoms with Gasteiger partial charge in [0.1, 0.15) is 0 Å². The summed E-state index contributed by atoms with van der Waals surface area (Å²) in [6, 6.07) is 13.6. The molecule has 116 valence electrons. The van der Waals surface area contributed by atoms with Crippen molar-refractivity contribution in [2.75, 3.05) is 24.5 Å². The van der Waals surface area contributed by atoms with Crippen LogP contribution in [0.15, 0.2) is 42.5 Å². The summed E-state index contributed by atoms with van der Waals surface area (Å²) >= 11 is 0. The van der Waals surface area contributed by atoms with Crippen molar-refractivity contribution in [1.29, 1.82) is 0 Å². The first kappa shape index (κ1) is 15.9. The molecule has 1 aromatic heterocycles. The minimum absolute atomic E-state index is 0.0770. The van der Waals surface area contributed by atoms with E-state index in [0.29, 0.717) is 18.8 Å². The third-order valence-electron chi connectivity index (χ3n) is 3.58. The molecule has 0 aliphatic rings. The molecule has 2 aromatic rings. The van der Waals surface area contributed by atoms with E-state index in [0.717, 1.165) is 18.1 Å². The van der Waals surface area contributed by atoms with Gasteiger partial charge in [0, 0.05) is 25.3 Å². The molecule has 0 aliphatic heterocycles. The van der Waals surface area contributed by atoms with Crippen LogP contribution in [-0.4, -0.2) is 40.6 Å². The minimum atomic E-state index is -0.0770. The Labute approximate surface area is 131 Å². The molecule has 0 N–H and O–H groups in total. The molecule has 0 aliphatic carbocycles. The van der Waals surface area contributed by atoms with Gasteiger partial charge in [-0.2, -0.15) is 0 Å². The first-order valence-corrected chi connectivity index (χ1v) is 7.66. The number of anilines is 2. The van der Waals surface area contributed by atoms with Crippen molar-refractivity contribution in [1.82, 2.24) is 15.1 Å². The number of para-hydroxylation sites is 1. The van der Waals surface area contributed by atoms with Crippen LogP contribution in [0.4, 0.5) is 11.5 Å². The van der Waals surface area contributed by atoms with Gasteiger partial charge in [-0.25, -0.2) is 0 Å². The average Bonchev–Trinajstić information content (AvgIpc) is 2.58. The summed E-state index contributed by atoms with van der Waals surface area (Å²) in [5.74, 6) is 0.664. The molecule has 1 aromatic carbocycles. The molecule has 0 saturated carbocycles. The molecule has 5 nitrogen and oxygen atoms in total. The standard InChI is InChI=1S/C17H22N4O/c1-4-20(5-2)17(22)15-12-13-16(19-18-15)21(6-3)14-10-8-7-9-11-14/h7-13H,4-6H2,1-3H3. The number of rotatable bonds is 6. The van der Waals surface area contributed by atoms with E-state index in [1.54, 1.807) is 11.0 Å². The van der Waals surface area contributed by atoms with Gasteiger partial charge >= 0.3 is 0 Å². The van der Waals surface area contributed by atoms with Crippen LogP contribution in [0.3, 0.4) is 0 Å². The Kier molecular flexibility index (Phi) is 5.47. The van der Waals surface area contributed by atoms with Crippen molar-refractivity contribution in [3.05, 3.63) is 48.2 Å². The van der Waals surface area contributed by atoms with Crippen LogP contribution in [0.25, 0.3) is 0 Å². The van der Waals surface area contributed by atoms with Crippen LogP contribution in [-0.2, 0) is 0 Å². The maximum absolute atomic E-state index is 12.2. The lowest BCUT2D eigenvalue weighted by molar-refractivity contribution is 0.0766. The summed E-state index contributed by atoms with van der Waals surface area (Å²) in [4.78, 5) is 16.0.